The van der Waals surface area contributed by atoms with Crippen molar-refractivity contribution in [2.45, 2.75) is 45.4 Å². The summed E-state index contributed by atoms with van der Waals surface area (Å²) < 4.78 is 0. The number of rotatable bonds is 4. The van der Waals surface area contributed by atoms with Crippen molar-refractivity contribution in [1.82, 2.24) is 0 Å². The third-order valence-electron chi connectivity index (χ3n) is 2.44. The zero-order chi connectivity index (χ0) is 8.81. The Balaban J connectivity index is 2.20. The van der Waals surface area contributed by atoms with Crippen molar-refractivity contribution < 1.29 is 4.79 Å². The average molecular weight is 166 g/mol. The molecule has 0 radical (unpaired) electrons. The van der Waals surface area contributed by atoms with E-state index in [2.05, 4.69) is 19.1 Å². The molecule has 68 valence electrons. The Morgan fingerprint density at radius 2 is 2.42 bits per heavy atom. The highest BCUT2D eigenvalue weighted by atomic mass is 16.1. The molecule has 1 saturated carbocycles. The quantitative estimate of drug-likeness (QED) is 0.463. The lowest BCUT2D eigenvalue weighted by Gasteiger charge is -1.98. The smallest absolute Gasteiger partial charge is 0.139 e. The second-order valence-corrected chi connectivity index (χ2v) is 3.54. The molecule has 1 atom stereocenters. The number of hydrogen-bond donors (Lipinski definition) is 0. The highest BCUT2D eigenvalue weighted by Crippen LogP contribution is 2.22. The van der Waals surface area contributed by atoms with Crippen LogP contribution in [-0.2, 0) is 4.79 Å². The maximum Gasteiger partial charge on any atom is 0.139 e. The van der Waals surface area contributed by atoms with Crippen LogP contribution in [0, 0.1) is 5.92 Å². The third-order valence-corrected chi connectivity index (χ3v) is 2.44. The van der Waals surface area contributed by atoms with E-state index in [1.165, 1.54) is 12.8 Å². The number of carbonyl (C=O) groups excluding carboxylic acids is 1. The summed E-state index contributed by atoms with van der Waals surface area (Å²) in [6, 6.07) is 0. The number of ketones is 1. The number of hydrogen-bond acceptors (Lipinski definition) is 1. The highest BCUT2D eigenvalue weighted by molar-refractivity contribution is 5.84. The van der Waals surface area contributed by atoms with Crippen molar-refractivity contribution in [3.05, 3.63) is 12.2 Å². The van der Waals surface area contributed by atoms with E-state index in [1.807, 2.05) is 0 Å². The molecule has 0 aromatic heterocycles. The van der Waals surface area contributed by atoms with Crippen LogP contribution < -0.4 is 0 Å². The fraction of sp³-hybridized carbons (Fsp3) is 0.727. The zero-order valence-electron chi connectivity index (χ0n) is 7.88. The molecule has 0 aromatic carbocycles. The van der Waals surface area contributed by atoms with Crippen LogP contribution in [0.5, 0.6) is 0 Å². The molecule has 12 heavy (non-hydrogen) atoms. The minimum atomic E-state index is 0.266. The summed E-state index contributed by atoms with van der Waals surface area (Å²) in [5, 5.41) is 0. The lowest BCUT2D eigenvalue weighted by Crippen LogP contribution is -2.01. The zero-order valence-corrected chi connectivity index (χ0v) is 7.88. The van der Waals surface area contributed by atoms with E-state index in [0.717, 1.165) is 25.7 Å². The van der Waals surface area contributed by atoms with Crippen molar-refractivity contribution in [1.29, 1.82) is 0 Å². The first-order valence-electron chi connectivity index (χ1n) is 5.04. The summed E-state index contributed by atoms with van der Waals surface area (Å²) in [6.07, 6.45) is 10.9. The molecule has 1 unspecified atom stereocenters. The first-order valence-corrected chi connectivity index (χ1v) is 5.04. The van der Waals surface area contributed by atoms with Crippen LogP contribution in [0.1, 0.15) is 45.4 Å². The van der Waals surface area contributed by atoms with Gasteiger partial charge in [0.15, 0.2) is 0 Å². The van der Waals surface area contributed by atoms with Gasteiger partial charge in [-0.05, 0) is 19.3 Å². The van der Waals surface area contributed by atoms with Gasteiger partial charge in [0.25, 0.3) is 0 Å². The predicted molar refractivity (Wildman–Crippen MR) is 51.0 cm³/mol. The molecule has 1 rings (SSSR count). The molecule has 0 saturated heterocycles. The van der Waals surface area contributed by atoms with Crippen molar-refractivity contribution >= 4 is 5.78 Å². The molecule has 0 heterocycles. The number of Topliss-reactive ketones (excluding diaryl/α,β-unsaturated/α-hetero) is 1. The van der Waals surface area contributed by atoms with E-state index < -0.39 is 0 Å². The summed E-state index contributed by atoms with van der Waals surface area (Å²) in [4.78, 5) is 11.2. The minimum Gasteiger partial charge on any atom is -0.299 e. The van der Waals surface area contributed by atoms with Crippen LogP contribution in [0.2, 0.25) is 0 Å². The van der Waals surface area contributed by atoms with E-state index in [9.17, 15) is 4.79 Å². The topological polar surface area (TPSA) is 17.1 Å². The SMILES string of the molecule is CCCC/C=C/C1CCCC1=O. The Morgan fingerprint density at radius 1 is 1.58 bits per heavy atom. The van der Waals surface area contributed by atoms with Gasteiger partial charge in [-0.15, -0.1) is 0 Å². The molecule has 1 heteroatoms. The van der Waals surface area contributed by atoms with Gasteiger partial charge in [0.1, 0.15) is 5.78 Å². The minimum absolute atomic E-state index is 0.266. The fourth-order valence-electron chi connectivity index (χ4n) is 1.63. The molecular formula is C11H18O. The summed E-state index contributed by atoms with van der Waals surface area (Å²) in [6.45, 7) is 2.19. The largest absolute Gasteiger partial charge is 0.299 e. The molecule has 0 N–H and O–H groups in total. The monoisotopic (exact) mass is 166 g/mol. The van der Waals surface area contributed by atoms with Gasteiger partial charge in [-0.3, -0.25) is 4.79 Å². The van der Waals surface area contributed by atoms with E-state index >= 15 is 0 Å². The van der Waals surface area contributed by atoms with E-state index in [-0.39, 0.29) is 5.92 Å². The second-order valence-electron chi connectivity index (χ2n) is 3.54. The number of unbranched alkanes of at least 4 members (excludes halogenated alkanes) is 2. The predicted octanol–water partition coefficient (Wildman–Crippen LogP) is 3.10. The van der Waals surface area contributed by atoms with E-state index in [4.69, 9.17) is 0 Å². The molecule has 0 amide bonds. The van der Waals surface area contributed by atoms with Gasteiger partial charge < -0.3 is 0 Å². The molecule has 0 aromatic rings. The van der Waals surface area contributed by atoms with E-state index in [1.54, 1.807) is 0 Å². The average Bonchev–Trinajstić information content (AvgIpc) is 2.46. The van der Waals surface area contributed by atoms with Crippen LogP contribution in [0.25, 0.3) is 0 Å². The Kier molecular flexibility index (Phi) is 4.06. The van der Waals surface area contributed by atoms with Gasteiger partial charge in [-0.25, -0.2) is 0 Å². The lowest BCUT2D eigenvalue weighted by molar-refractivity contribution is -0.119. The van der Waals surface area contributed by atoms with Crippen molar-refractivity contribution in [3.63, 3.8) is 0 Å². The van der Waals surface area contributed by atoms with Gasteiger partial charge in [0, 0.05) is 12.3 Å². The Labute approximate surface area is 74.9 Å². The van der Waals surface area contributed by atoms with Gasteiger partial charge in [-0.1, -0.05) is 31.9 Å². The molecule has 1 aliphatic rings. The summed E-state index contributed by atoms with van der Waals surface area (Å²) in [5.74, 6) is 0.713. The van der Waals surface area contributed by atoms with Crippen LogP contribution in [0.4, 0.5) is 0 Å². The Bertz CT molecular complexity index is 170. The van der Waals surface area contributed by atoms with Crippen LogP contribution in [0.15, 0.2) is 12.2 Å². The summed E-state index contributed by atoms with van der Waals surface area (Å²) in [7, 11) is 0. The molecular weight excluding hydrogens is 148 g/mol. The standard InChI is InChI=1S/C11H18O/c1-2-3-4-5-7-10-8-6-9-11(10)12/h5,7,10H,2-4,6,8-9H2,1H3/b7-5+. The maximum atomic E-state index is 11.2. The fourth-order valence-corrected chi connectivity index (χ4v) is 1.63. The molecule has 0 aliphatic heterocycles. The Hall–Kier alpha value is -0.590. The summed E-state index contributed by atoms with van der Waals surface area (Å²) in [5.41, 5.74) is 0. The van der Waals surface area contributed by atoms with Gasteiger partial charge >= 0.3 is 0 Å². The van der Waals surface area contributed by atoms with Crippen LogP contribution in [-0.4, -0.2) is 5.78 Å². The first kappa shape index (κ1) is 9.50. The molecule has 1 aliphatic carbocycles. The number of allylic oxidation sites excluding steroid dienone is 2. The second kappa shape index (κ2) is 5.13. The molecule has 1 fully saturated rings. The van der Waals surface area contributed by atoms with E-state index in [0.29, 0.717) is 5.78 Å². The van der Waals surface area contributed by atoms with Gasteiger partial charge in [0.05, 0.1) is 0 Å². The van der Waals surface area contributed by atoms with Gasteiger partial charge in [-0.2, -0.15) is 0 Å². The van der Waals surface area contributed by atoms with Crippen molar-refractivity contribution in [2.75, 3.05) is 0 Å². The van der Waals surface area contributed by atoms with Crippen molar-refractivity contribution in [3.8, 4) is 0 Å². The maximum absolute atomic E-state index is 11.2. The van der Waals surface area contributed by atoms with Crippen LogP contribution >= 0.6 is 0 Å². The van der Waals surface area contributed by atoms with Crippen molar-refractivity contribution in [2.24, 2.45) is 5.92 Å². The molecule has 1 nitrogen and oxygen atoms in total. The van der Waals surface area contributed by atoms with Gasteiger partial charge in [0.2, 0.25) is 0 Å². The normalized spacial score (nSPS) is 24.1. The summed E-state index contributed by atoms with van der Waals surface area (Å²) >= 11 is 0. The molecule has 0 spiro atoms. The lowest BCUT2D eigenvalue weighted by atomic mass is 10.1. The number of carbonyl (C=O) groups is 1. The highest BCUT2D eigenvalue weighted by Gasteiger charge is 2.20. The Morgan fingerprint density at radius 3 is 3.00 bits per heavy atom. The first-order chi connectivity index (χ1) is 5.84. The van der Waals surface area contributed by atoms with Crippen LogP contribution in [0.3, 0.4) is 0 Å². The third kappa shape index (κ3) is 2.80. The molecule has 0 bridgehead atoms.